The van der Waals surface area contributed by atoms with Gasteiger partial charge in [0.25, 0.3) is 0 Å². The van der Waals surface area contributed by atoms with Gasteiger partial charge in [0.15, 0.2) is 0 Å². The molecule has 6 aromatic carbocycles. The Morgan fingerprint density at radius 1 is 0.542 bits per heavy atom. The van der Waals surface area contributed by atoms with E-state index in [1.165, 1.54) is 58.7 Å². The summed E-state index contributed by atoms with van der Waals surface area (Å²) in [4.78, 5) is 0. The molecule has 0 N–H and O–H groups in total. The zero-order valence-electron chi connectivity index (χ0n) is 27.4. The minimum Gasteiger partial charge on any atom is -0.490 e. The molecule has 1 fully saturated rings. The Bertz CT molecular complexity index is 1750. The van der Waals surface area contributed by atoms with Gasteiger partial charge in [-0.05, 0) is 34.9 Å². The van der Waals surface area contributed by atoms with Gasteiger partial charge in [-0.3, -0.25) is 4.67 Å². The van der Waals surface area contributed by atoms with Crippen LogP contribution in [0.25, 0.3) is 10.8 Å². The van der Waals surface area contributed by atoms with E-state index >= 15 is 0 Å². The smallest absolute Gasteiger partial charge is 0.127 e. The average molecular weight is 668 g/mol. The minimum atomic E-state index is -1.08. The Hall–Kier alpha value is -3.84. The van der Waals surface area contributed by atoms with Crippen molar-refractivity contribution in [1.29, 1.82) is 0 Å². The van der Waals surface area contributed by atoms with Crippen molar-refractivity contribution >= 4 is 48.2 Å². The van der Waals surface area contributed by atoms with Crippen molar-refractivity contribution in [3.05, 3.63) is 164 Å². The Kier molecular flexibility index (Phi) is 11.2. The number of rotatable bonds is 13. The van der Waals surface area contributed by atoms with Crippen molar-refractivity contribution in [2.24, 2.45) is 0 Å². The molecule has 0 aliphatic heterocycles. The highest BCUT2D eigenvalue weighted by Gasteiger charge is 2.34. The van der Waals surface area contributed by atoms with Gasteiger partial charge < -0.3 is 9.26 Å². The van der Waals surface area contributed by atoms with Crippen molar-refractivity contribution in [1.82, 2.24) is 4.67 Å². The van der Waals surface area contributed by atoms with Crippen molar-refractivity contribution in [3.8, 4) is 5.75 Å². The molecule has 1 atom stereocenters. The monoisotopic (exact) mass is 667 g/mol. The highest BCUT2D eigenvalue weighted by Crippen LogP contribution is 2.45. The second kappa shape index (κ2) is 16.5. The predicted molar refractivity (Wildman–Crippen MR) is 206 cm³/mol. The van der Waals surface area contributed by atoms with Crippen LogP contribution in [0.5, 0.6) is 5.75 Å². The van der Waals surface area contributed by atoms with Crippen LogP contribution in [-0.2, 0) is 4.52 Å². The third kappa shape index (κ3) is 8.06. The van der Waals surface area contributed by atoms with E-state index in [4.69, 9.17) is 9.26 Å². The second-order valence-electron chi connectivity index (χ2n) is 12.4. The van der Waals surface area contributed by atoms with Crippen molar-refractivity contribution in [2.45, 2.75) is 44.2 Å². The van der Waals surface area contributed by atoms with Gasteiger partial charge >= 0.3 is 0 Å². The van der Waals surface area contributed by atoms with Crippen molar-refractivity contribution in [2.75, 3.05) is 13.2 Å². The number of hydrogen-bond donors (Lipinski definition) is 0. The first-order valence-electron chi connectivity index (χ1n) is 17.2. The first-order chi connectivity index (χ1) is 23.8. The molecule has 0 radical (unpaired) electrons. The summed E-state index contributed by atoms with van der Waals surface area (Å²) in [6, 6.07) is 59.1. The van der Waals surface area contributed by atoms with Gasteiger partial charge in [0, 0.05) is 36.7 Å². The van der Waals surface area contributed by atoms with Crippen molar-refractivity contribution in [3.63, 3.8) is 0 Å². The standard InChI is InChI=1S/C43H43NO2P2/c1-6-21-36(22-7-1)44(47(38-23-8-2-9-24-38)39-25-10-3-11-26-39)33-37(34-45-43-32-18-20-35-19-16-17-31-42(35)43)46-48(40-27-12-4-13-28-40)41-29-14-5-15-30-41/h2-5,8-20,23-32,36-37H,1,6-7,21-22,33-34H2/t37-/m0/s1. The van der Waals surface area contributed by atoms with E-state index in [1.54, 1.807) is 0 Å². The van der Waals surface area contributed by atoms with Gasteiger partial charge in [-0.15, -0.1) is 0 Å². The van der Waals surface area contributed by atoms with E-state index in [0.29, 0.717) is 12.6 Å². The number of benzene rings is 6. The lowest BCUT2D eigenvalue weighted by molar-refractivity contribution is 0.110. The SMILES string of the molecule is c1ccc(P(O[C@H](COc2cccc3ccccc23)CN(C2CCCCC2)P(c2ccccc2)c2ccccc2)c2ccccc2)cc1. The van der Waals surface area contributed by atoms with Crippen LogP contribution in [0, 0.1) is 0 Å². The first-order valence-corrected chi connectivity index (χ1v) is 19.7. The average Bonchev–Trinajstić information content (AvgIpc) is 3.17. The van der Waals surface area contributed by atoms with E-state index in [2.05, 4.69) is 168 Å². The van der Waals surface area contributed by atoms with Gasteiger partial charge in [0.1, 0.15) is 18.5 Å². The van der Waals surface area contributed by atoms with Crippen LogP contribution >= 0.6 is 16.2 Å². The normalized spacial score (nSPS) is 14.5. The van der Waals surface area contributed by atoms with Gasteiger partial charge in [0.05, 0.1) is 8.15 Å². The number of ether oxygens (including phenoxy) is 1. The van der Waals surface area contributed by atoms with Crippen LogP contribution in [0.15, 0.2) is 164 Å². The maximum atomic E-state index is 7.41. The summed E-state index contributed by atoms with van der Waals surface area (Å²) in [7, 11) is -1.87. The molecule has 6 aromatic rings. The Labute approximate surface area is 288 Å². The van der Waals surface area contributed by atoms with Gasteiger partial charge in [-0.2, -0.15) is 0 Å². The second-order valence-corrected chi connectivity index (χ2v) is 16.4. The summed E-state index contributed by atoms with van der Waals surface area (Å²) in [6.07, 6.45) is 6.11. The zero-order chi connectivity index (χ0) is 32.4. The van der Waals surface area contributed by atoms with Crippen LogP contribution in [0.1, 0.15) is 32.1 Å². The molecule has 5 heteroatoms. The molecule has 1 aliphatic rings. The van der Waals surface area contributed by atoms with Crippen LogP contribution in [-0.4, -0.2) is 30.0 Å². The number of nitrogens with zero attached hydrogens (tertiary/aromatic N) is 1. The molecule has 0 heterocycles. The van der Waals surface area contributed by atoms with E-state index in [-0.39, 0.29) is 6.10 Å². The van der Waals surface area contributed by atoms with E-state index in [1.807, 2.05) is 0 Å². The predicted octanol–water partition coefficient (Wildman–Crippen LogP) is 9.33. The van der Waals surface area contributed by atoms with Crippen LogP contribution < -0.4 is 26.0 Å². The topological polar surface area (TPSA) is 21.7 Å². The Morgan fingerprint density at radius 3 is 1.62 bits per heavy atom. The van der Waals surface area contributed by atoms with E-state index in [9.17, 15) is 0 Å². The quantitative estimate of drug-likeness (QED) is 0.115. The molecule has 0 aromatic heterocycles. The Balaban J connectivity index is 1.29. The molecule has 0 unspecified atom stereocenters. The molecule has 0 amide bonds. The molecule has 1 saturated carbocycles. The fourth-order valence-electron chi connectivity index (χ4n) is 6.73. The molecule has 0 bridgehead atoms. The molecule has 48 heavy (non-hydrogen) atoms. The van der Waals surface area contributed by atoms with Crippen LogP contribution in [0.3, 0.4) is 0 Å². The summed E-state index contributed by atoms with van der Waals surface area (Å²) >= 11 is 0. The highest BCUT2D eigenvalue weighted by molar-refractivity contribution is 7.70. The first kappa shape index (κ1) is 32.7. The van der Waals surface area contributed by atoms with E-state index in [0.717, 1.165) is 17.7 Å². The highest BCUT2D eigenvalue weighted by atomic mass is 31.1. The van der Waals surface area contributed by atoms with E-state index < -0.39 is 16.2 Å². The largest absolute Gasteiger partial charge is 0.490 e. The maximum absolute atomic E-state index is 7.41. The fraction of sp³-hybridized carbons (Fsp3) is 0.209. The van der Waals surface area contributed by atoms with Crippen LogP contribution in [0.4, 0.5) is 0 Å². The van der Waals surface area contributed by atoms with Crippen molar-refractivity contribution < 1.29 is 9.26 Å². The maximum Gasteiger partial charge on any atom is 0.127 e. The third-order valence-corrected chi connectivity index (χ3v) is 13.7. The molecule has 1 aliphatic carbocycles. The van der Waals surface area contributed by atoms with Gasteiger partial charge in [0.2, 0.25) is 0 Å². The molecule has 0 spiro atoms. The lowest BCUT2D eigenvalue weighted by atomic mass is 9.95. The van der Waals surface area contributed by atoms with Gasteiger partial charge in [-0.1, -0.05) is 177 Å². The molecular weight excluding hydrogens is 624 g/mol. The lowest BCUT2D eigenvalue weighted by Gasteiger charge is -2.42. The molecule has 3 nitrogen and oxygen atoms in total. The summed E-state index contributed by atoms with van der Waals surface area (Å²) in [5.41, 5.74) is 0. The fourth-order valence-corrected chi connectivity index (χ4v) is 11.3. The zero-order valence-corrected chi connectivity index (χ0v) is 29.1. The lowest BCUT2D eigenvalue weighted by Crippen LogP contribution is -2.44. The third-order valence-electron chi connectivity index (χ3n) is 9.06. The van der Waals surface area contributed by atoms with Crippen LogP contribution in [0.2, 0.25) is 0 Å². The minimum absolute atomic E-state index is 0.171. The summed E-state index contributed by atoms with van der Waals surface area (Å²) < 4.78 is 17.0. The summed E-state index contributed by atoms with van der Waals surface area (Å²) in [6.45, 7) is 1.24. The summed E-state index contributed by atoms with van der Waals surface area (Å²) in [5.74, 6) is 0.906. The summed E-state index contributed by atoms with van der Waals surface area (Å²) in [5, 5.41) is 7.51. The van der Waals surface area contributed by atoms with Gasteiger partial charge in [-0.25, -0.2) is 0 Å². The molecule has 0 saturated heterocycles. The number of hydrogen-bond acceptors (Lipinski definition) is 3. The molecule has 7 rings (SSSR count). The Morgan fingerprint density at radius 2 is 1.04 bits per heavy atom. The number of fused-ring (bicyclic) bond motifs is 1. The molecular formula is C43H43NO2P2. The molecule has 242 valence electrons.